The normalized spacial score (nSPS) is 37.2. The van der Waals surface area contributed by atoms with E-state index >= 15 is 0 Å². The molecule has 2 aliphatic rings. The standard InChI is InChI=1S/C12H18O/c1-11(2)7-9-6-10(13)4-5-12(9,3)8-11/h6H,4-5,7-8H2,1-3H3. The molecule has 1 atom stereocenters. The predicted molar refractivity (Wildman–Crippen MR) is 53.4 cm³/mol. The molecule has 13 heavy (non-hydrogen) atoms. The van der Waals surface area contributed by atoms with Gasteiger partial charge in [0.1, 0.15) is 0 Å². The van der Waals surface area contributed by atoms with Crippen LogP contribution in [0.1, 0.15) is 46.5 Å². The fraction of sp³-hybridized carbons (Fsp3) is 0.750. The first-order chi connectivity index (χ1) is 5.91. The Hall–Kier alpha value is -0.590. The molecule has 0 amide bonds. The van der Waals surface area contributed by atoms with Crippen LogP contribution in [0.15, 0.2) is 11.6 Å². The highest BCUT2D eigenvalue weighted by atomic mass is 16.1. The van der Waals surface area contributed by atoms with Gasteiger partial charge in [0.15, 0.2) is 5.78 Å². The number of rotatable bonds is 0. The Morgan fingerprint density at radius 3 is 2.69 bits per heavy atom. The molecule has 0 heterocycles. The lowest BCUT2D eigenvalue weighted by molar-refractivity contribution is -0.115. The van der Waals surface area contributed by atoms with Crippen molar-refractivity contribution < 1.29 is 4.79 Å². The number of hydrogen-bond acceptors (Lipinski definition) is 1. The predicted octanol–water partition coefficient (Wildman–Crippen LogP) is 3.10. The molecule has 0 spiro atoms. The Kier molecular flexibility index (Phi) is 1.70. The second kappa shape index (κ2) is 2.46. The quantitative estimate of drug-likeness (QED) is 0.557. The van der Waals surface area contributed by atoms with Gasteiger partial charge in [0, 0.05) is 6.42 Å². The molecule has 1 heteroatoms. The number of carbonyl (C=O) groups is 1. The van der Waals surface area contributed by atoms with Gasteiger partial charge < -0.3 is 0 Å². The van der Waals surface area contributed by atoms with Gasteiger partial charge in [-0.15, -0.1) is 0 Å². The van der Waals surface area contributed by atoms with Crippen molar-refractivity contribution in [1.82, 2.24) is 0 Å². The van der Waals surface area contributed by atoms with E-state index in [0.717, 1.165) is 19.3 Å². The zero-order valence-corrected chi connectivity index (χ0v) is 8.81. The molecule has 2 aliphatic carbocycles. The largest absolute Gasteiger partial charge is 0.295 e. The molecular formula is C12H18O. The van der Waals surface area contributed by atoms with E-state index in [4.69, 9.17) is 0 Å². The summed E-state index contributed by atoms with van der Waals surface area (Å²) in [5, 5.41) is 0. The SMILES string of the molecule is CC1(C)CC2=CC(=O)CCC2(C)C1. The van der Waals surface area contributed by atoms with Crippen LogP contribution in [0.25, 0.3) is 0 Å². The van der Waals surface area contributed by atoms with Gasteiger partial charge in [0.05, 0.1) is 0 Å². The molecule has 0 aromatic carbocycles. The molecule has 0 aromatic rings. The van der Waals surface area contributed by atoms with Crippen LogP contribution in [0, 0.1) is 10.8 Å². The van der Waals surface area contributed by atoms with E-state index in [-0.39, 0.29) is 0 Å². The zero-order valence-electron chi connectivity index (χ0n) is 8.81. The zero-order chi connectivity index (χ0) is 9.69. The third-order valence-corrected chi connectivity index (χ3v) is 3.57. The van der Waals surface area contributed by atoms with Crippen molar-refractivity contribution in [3.05, 3.63) is 11.6 Å². The van der Waals surface area contributed by atoms with Gasteiger partial charge in [-0.3, -0.25) is 4.79 Å². The van der Waals surface area contributed by atoms with Gasteiger partial charge in [0.2, 0.25) is 0 Å². The van der Waals surface area contributed by atoms with Crippen LogP contribution in [0.3, 0.4) is 0 Å². The van der Waals surface area contributed by atoms with Crippen LogP contribution in [0.4, 0.5) is 0 Å². The van der Waals surface area contributed by atoms with Crippen molar-refractivity contribution >= 4 is 5.78 Å². The number of fused-ring (bicyclic) bond motifs is 1. The Morgan fingerprint density at radius 1 is 1.31 bits per heavy atom. The van der Waals surface area contributed by atoms with Gasteiger partial charge in [-0.2, -0.15) is 0 Å². The first kappa shape index (κ1) is 8.98. The molecule has 0 aromatic heterocycles. The monoisotopic (exact) mass is 178 g/mol. The molecule has 1 saturated carbocycles. The molecule has 1 fully saturated rings. The second-order valence-electron chi connectivity index (χ2n) is 5.71. The maximum absolute atomic E-state index is 11.3. The van der Waals surface area contributed by atoms with Crippen molar-refractivity contribution in [2.75, 3.05) is 0 Å². The lowest BCUT2D eigenvalue weighted by Crippen LogP contribution is -2.21. The van der Waals surface area contributed by atoms with Gasteiger partial charge in [-0.25, -0.2) is 0 Å². The molecule has 0 aliphatic heterocycles. The van der Waals surface area contributed by atoms with Crippen LogP contribution < -0.4 is 0 Å². The van der Waals surface area contributed by atoms with Crippen LogP contribution in [0.5, 0.6) is 0 Å². The van der Waals surface area contributed by atoms with Gasteiger partial charge in [-0.1, -0.05) is 26.3 Å². The van der Waals surface area contributed by atoms with E-state index in [2.05, 4.69) is 20.8 Å². The number of carbonyl (C=O) groups excluding carboxylic acids is 1. The van der Waals surface area contributed by atoms with Gasteiger partial charge >= 0.3 is 0 Å². The summed E-state index contributed by atoms with van der Waals surface area (Å²) in [5.41, 5.74) is 2.16. The van der Waals surface area contributed by atoms with E-state index in [1.54, 1.807) is 0 Å². The fourth-order valence-electron chi connectivity index (χ4n) is 3.10. The molecule has 0 saturated heterocycles. The van der Waals surface area contributed by atoms with Crippen LogP contribution in [-0.4, -0.2) is 5.78 Å². The Morgan fingerprint density at radius 2 is 2.00 bits per heavy atom. The third kappa shape index (κ3) is 1.45. The molecule has 0 radical (unpaired) electrons. The van der Waals surface area contributed by atoms with Crippen molar-refractivity contribution in [2.24, 2.45) is 10.8 Å². The molecular weight excluding hydrogens is 160 g/mol. The van der Waals surface area contributed by atoms with Crippen molar-refractivity contribution in [3.8, 4) is 0 Å². The van der Waals surface area contributed by atoms with Gasteiger partial charge in [-0.05, 0) is 36.2 Å². The van der Waals surface area contributed by atoms with E-state index in [9.17, 15) is 4.79 Å². The highest BCUT2D eigenvalue weighted by Gasteiger charge is 2.45. The Bertz CT molecular complexity index is 285. The average molecular weight is 178 g/mol. The van der Waals surface area contributed by atoms with E-state index < -0.39 is 0 Å². The molecule has 1 unspecified atom stereocenters. The smallest absolute Gasteiger partial charge is 0.155 e. The minimum atomic E-state index is 0.338. The Balaban J connectivity index is 2.36. The number of allylic oxidation sites excluding steroid dienone is 2. The molecule has 72 valence electrons. The summed E-state index contributed by atoms with van der Waals surface area (Å²) in [5.74, 6) is 0.338. The molecule has 1 nitrogen and oxygen atoms in total. The maximum Gasteiger partial charge on any atom is 0.155 e. The summed E-state index contributed by atoms with van der Waals surface area (Å²) in [6, 6.07) is 0. The summed E-state index contributed by atoms with van der Waals surface area (Å²) >= 11 is 0. The molecule has 0 N–H and O–H groups in total. The fourth-order valence-corrected chi connectivity index (χ4v) is 3.10. The Labute approximate surface area is 80.2 Å². The maximum atomic E-state index is 11.3. The van der Waals surface area contributed by atoms with E-state index in [1.807, 2.05) is 6.08 Å². The second-order valence-corrected chi connectivity index (χ2v) is 5.71. The lowest BCUT2D eigenvalue weighted by atomic mass is 9.75. The summed E-state index contributed by atoms with van der Waals surface area (Å²) in [4.78, 5) is 11.3. The molecule has 0 bridgehead atoms. The van der Waals surface area contributed by atoms with Gasteiger partial charge in [0.25, 0.3) is 0 Å². The van der Waals surface area contributed by atoms with E-state index in [1.165, 1.54) is 12.0 Å². The summed E-state index contributed by atoms with van der Waals surface area (Å²) in [6.07, 6.45) is 6.11. The summed E-state index contributed by atoms with van der Waals surface area (Å²) < 4.78 is 0. The topological polar surface area (TPSA) is 17.1 Å². The van der Waals surface area contributed by atoms with Crippen LogP contribution in [-0.2, 0) is 4.79 Å². The third-order valence-electron chi connectivity index (χ3n) is 3.57. The summed E-state index contributed by atoms with van der Waals surface area (Å²) in [7, 11) is 0. The lowest BCUT2D eigenvalue weighted by Gasteiger charge is -2.29. The minimum Gasteiger partial charge on any atom is -0.295 e. The van der Waals surface area contributed by atoms with E-state index in [0.29, 0.717) is 16.6 Å². The average Bonchev–Trinajstić information content (AvgIpc) is 2.18. The minimum absolute atomic E-state index is 0.338. The highest BCUT2D eigenvalue weighted by Crippen LogP contribution is 2.56. The summed E-state index contributed by atoms with van der Waals surface area (Å²) in [6.45, 7) is 6.93. The number of hydrogen-bond donors (Lipinski definition) is 0. The van der Waals surface area contributed by atoms with Crippen LogP contribution in [0.2, 0.25) is 0 Å². The van der Waals surface area contributed by atoms with Crippen LogP contribution >= 0.6 is 0 Å². The first-order valence-corrected chi connectivity index (χ1v) is 5.15. The first-order valence-electron chi connectivity index (χ1n) is 5.15. The van der Waals surface area contributed by atoms with Crippen molar-refractivity contribution in [3.63, 3.8) is 0 Å². The van der Waals surface area contributed by atoms with Crippen molar-refractivity contribution in [2.45, 2.75) is 46.5 Å². The van der Waals surface area contributed by atoms with Crippen molar-refractivity contribution in [1.29, 1.82) is 0 Å². The highest BCUT2D eigenvalue weighted by molar-refractivity contribution is 5.91. The number of ketones is 1. The molecule has 2 rings (SSSR count).